The Morgan fingerprint density at radius 2 is 1.93 bits per heavy atom. The van der Waals surface area contributed by atoms with Gasteiger partial charge in [-0.2, -0.15) is 4.31 Å². The molecule has 0 saturated carbocycles. The van der Waals surface area contributed by atoms with Crippen LogP contribution in [0.1, 0.15) is 18.2 Å². The second kappa shape index (κ2) is 7.59. The molecule has 0 N–H and O–H groups in total. The first-order valence-corrected chi connectivity index (χ1v) is 12.4. The van der Waals surface area contributed by atoms with E-state index in [-0.39, 0.29) is 6.04 Å². The van der Waals surface area contributed by atoms with Crippen LogP contribution < -0.4 is 4.90 Å². The molecule has 1 atom stereocenters. The summed E-state index contributed by atoms with van der Waals surface area (Å²) < 4.78 is 28.4. The van der Waals surface area contributed by atoms with Crippen LogP contribution in [0.3, 0.4) is 0 Å². The summed E-state index contributed by atoms with van der Waals surface area (Å²) in [6.07, 6.45) is 0. The molecule has 1 saturated heterocycles. The maximum absolute atomic E-state index is 13.2. The van der Waals surface area contributed by atoms with Crippen LogP contribution in [-0.4, -0.2) is 43.4 Å². The molecule has 0 bridgehead atoms. The van der Waals surface area contributed by atoms with Gasteiger partial charge in [-0.1, -0.05) is 12.1 Å². The van der Waals surface area contributed by atoms with Gasteiger partial charge in [0.05, 0.1) is 0 Å². The first kappa shape index (κ1) is 19.6. The lowest BCUT2D eigenvalue weighted by Gasteiger charge is -2.40. The Morgan fingerprint density at radius 1 is 1.11 bits per heavy atom. The summed E-state index contributed by atoms with van der Waals surface area (Å²) in [5.74, 6) is 0. The fraction of sp³-hybridized carbons (Fsp3) is 0.350. The molecule has 28 heavy (non-hydrogen) atoms. The Labute approximate surface area is 174 Å². The molecule has 5 nitrogen and oxygen atoms in total. The van der Waals surface area contributed by atoms with Gasteiger partial charge in [0, 0.05) is 53.4 Å². The van der Waals surface area contributed by atoms with Gasteiger partial charge in [-0.3, -0.25) is 0 Å². The van der Waals surface area contributed by atoms with E-state index in [1.165, 1.54) is 16.9 Å². The summed E-state index contributed by atoms with van der Waals surface area (Å²) in [7, 11) is -3.49. The van der Waals surface area contributed by atoms with Crippen LogP contribution in [-0.2, 0) is 10.0 Å². The third kappa shape index (κ3) is 3.74. The lowest BCUT2D eigenvalue weighted by atomic mass is 10.1. The van der Waals surface area contributed by atoms with E-state index in [0.717, 1.165) is 22.0 Å². The molecule has 3 heterocycles. The van der Waals surface area contributed by atoms with E-state index in [4.69, 9.17) is 0 Å². The minimum absolute atomic E-state index is 0.117. The van der Waals surface area contributed by atoms with Gasteiger partial charge in [0.1, 0.15) is 9.22 Å². The number of piperazine rings is 1. The van der Waals surface area contributed by atoms with Crippen molar-refractivity contribution in [1.82, 2.24) is 9.29 Å². The van der Waals surface area contributed by atoms with E-state index in [2.05, 4.69) is 41.9 Å². The maximum Gasteiger partial charge on any atom is 0.252 e. The van der Waals surface area contributed by atoms with E-state index in [1.807, 2.05) is 23.8 Å². The summed E-state index contributed by atoms with van der Waals surface area (Å²) in [4.78, 5) is 6.75. The highest BCUT2D eigenvalue weighted by Crippen LogP contribution is 2.33. The van der Waals surface area contributed by atoms with Crippen LogP contribution in [0.2, 0.25) is 0 Å². The van der Waals surface area contributed by atoms with Crippen molar-refractivity contribution in [3.8, 4) is 10.6 Å². The zero-order valence-electron chi connectivity index (χ0n) is 16.1. The number of hydrogen-bond acceptors (Lipinski definition) is 6. The molecule has 1 fully saturated rings. The van der Waals surface area contributed by atoms with Crippen molar-refractivity contribution in [2.45, 2.75) is 31.0 Å². The Morgan fingerprint density at radius 3 is 2.61 bits per heavy atom. The number of sulfonamides is 1. The third-order valence-corrected chi connectivity index (χ3v) is 9.25. The van der Waals surface area contributed by atoms with Gasteiger partial charge in [-0.05, 0) is 44.5 Å². The predicted molar refractivity (Wildman–Crippen MR) is 117 cm³/mol. The van der Waals surface area contributed by atoms with Crippen LogP contribution >= 0.6 is 22.7 Å². The van der Waals surface area contributed by atoms with Crippen LogP contribution in [0, 0.1) is 13.8 Å². The summed E-state index contributed by atoms with van der Waals surface area (Å²) in [6, 6.07) is 10.3. The fourth-order valence-corrected chi connectivity index (χ4v) is 7.20. The number of rotatable bonds is 4. The Hall–Kier alpha value is -1.74. The van der Waals surface area contributed by atoms with Crippen LogP contribution in [0.25, 0.3) is 10.6 Å². The lowest BCUT2D eigenvalue weighted by molar-refractivity contribution is 0.343. The van der Waals surface area contributed by atoms with Crippen molar-refractivity contribution >= 4 is 38.4 Å². The van der Waals surface area contributed by atoms with Crippen molar-refractivity contribution < 1.29 is 8.42 Å². The summed E-state index contributed by atoms with van der Waals surface area (Å²) in [6.45, 7) is 7.77. The molecule has 2 aromatic heterocycles. The highest BCUT2D eigenvalue weighted by atomic mass is 32.2. The molecule has 148 valence electrons. The van der Waals surface area contributed by atoms with Crippen LogP contribution in [0.15, 0.2) is 45.3 Å². The summed E-state index contributed by atoms with van der Waals surface area (Å²) in [5, 5.41) is 4.73. The monoisotopic (exact) mass is 433 g/mol. The highest BCUT2D eigenvalue weighted by Gasteiger charge is 2.33. The quantitative estimate of drug-likeness (QED) is 0.612. The average molecular weight is 434 g/mol. The first-order valence-electron chi connectivity index (χ1n) is 9.19. The number of nitrogens with zero attached hydrogens (tertiary/aromatic N) is 3. The first-order chi connectivity index (χ1) is 13.3. The molecule has 0 spiro atoms. The molecule has 1 unspecified atom stereocenters. The van der Waals surface area contributed by atoms with Crippen LogP contribution in [0.5, 0.6) is 0 Å². The Kier molecular flexibility index (Phi) is 5.30. The standard InChI is InChI=1S/C20H23N3O2S3/c1-14-5-4-6-18(9-14)23-8-7-22(11-16(23)3)28(24,25)19-10-17(13-26-19)20-21-15(2)12-27-20/h4-6,9-10,12-13,16H,7-8,11H2,1-3H3. The number of aryl methyl sites for hydroxylation is 2. The molecule has 1 aromatic carbocycles. The molecule has 4 rings (SSSR count). The molecule has 0 aliphatic carbocycles. The second-order valence-corrected chi connectivity index (χ2v) is 11.1. The number of anilines is 1. The largest absolute Gasteiger partial charge is 0.366 e. The van der Waals surface area contributed by atoms with Crippen molar-refractivity contribution in [3.63, 3.8) is 0 Å². The van der Waals surface area contributed by atoms with Crippen molar-refractivity contribution in [2.75, 3.05) is 24.5 Å². The Balaban J connectivity index is 1.52. The Bertz CT molecular complexity index is 1090. The van der Waals surface area contributed by atoms with E-state index < -0.39 is 10.0 Å². The molecular formula is C20H23N3O2S3. The normalized spacial score (nSPS) is 18.5. The molecule has 1 aliphatic rings. The zero-order chi connectivity index (χ0) is 19.9. The van der Waals surface area contributed by atoms with Gasteiger partial charge in [0.15, 0.2) is 0 Å². The molecule has 0 amide bonds. The number of hydrogen-bond donors (Lipinski definition) is 0. The SMILES string of the molecule is Cc1cccc(N2CCN(S(=O)(=O)c3cc(-c4nc(C)cs4)cs3)CC2C)c1. The number of thiophene rings is 1. The van der Waals surface area contributed by atoms with Gasteiger partial charge >= 0.3 is 0 Å². The number of aromatic nitrogens is 1. The van der Waals surface area contributed by atoms with E-state index in [9.17, 15) is 8.42 Å². The molecular weight excluding hydrogens is 410 g/mol. The molecule has 0 radical (unpaired) electrons. The van der Waals surface area contributed by atoms with Gasteiger partial charge in [0.25, 0.3) is 10.0 Å². The minimum Gasteiger partial charge on any atom is -0.366 e. The van der Waals surface area contributed by atoms with Crippen LogP contribution in [0.4, 0.5) is 5.69 Å². The highest BCUT2D eigenvalue weighted by molar-refractivity contribution is 7.91. The molecule has 3 aromatic rings. The van der Waals surface area contributed by atoms with Gasteiger partial charge < -0.3 is 4.90 Å². The van der Waals surface area contributed by atoms with Crippen molar-refractivity contribution in [3.05, 3.63) is 52.3 Å². The maximum atomic E-state index is 13.2. The van der Waals surface area contributed by atoms with E-state index in [1.54, 1.807) is 21.7 Å². The van der Waals surface area contributed by atoms with Gasteiger partial charge in [0.2, 0.25) is 0 Å². The third-order valence-electron chi connectivity index (χ3n) is 4.96. The fourth-order valence-electron chi connectivity index (χ4n) is 3.51. The van der Waals surface area contributed by atoms with Gasteiger partial charge in [-0.15, -0.1) is 22.7 Å². The number of thiazole rings is 1. The predicted octanol–water partition coefficient (Wildman–Crippen LogP) is 4.39. The summed E-state index contributed by atoms with van der Waals surface area (Å²) >= 11 is 2.82. The topological polar surface area (TPSA) is 53.5 Å². The van der Waals surface area contributed by atoms with Crippen molar-refractivity contribution in [1.29, 1.82) is 0 Å². The van der Waals surface area contributed by atoms with E-state index >= 15 is 0 Å². The average Bonchev–Trinajstić information content (AvgIpc) is 3.31. The number of benzene rings is 1. The lowest BCUT2D eigenvalue weighted by Crippen LogP contribution is -2.53. The van der Waals surface area contributed by atoms with Gasteiger partial charge in [-0.25, -0.2) is 13.4 Å². The van der Waals surface area contributed by atoms with E-state index in [0.29, 0.717) is 23.8 Å². The van der Waals surface area contributed by atoms with Crippen molar-refractivity contribution in [2.24, 2.45) is 0 Å². The molecule has 1 aliphatic heterocycles. The summed E-state index contributed by atoms with van der Waals surface area (Å²) in [5.41, 5.74) is 4.20. The second-order valence-electron chi connectivity index (χ2n) is 7.19. The smallest absolute Gasteiger partial charge is 0.252 e. The molecule has 8 heteroatoms. The minimum atomic E-state index is -3.49. The zero-order valence-corrected chi connectivity index (χ0v) is 18.6.